The van der Waals surface area contributed by atoms with Gasteiger partial charge in [-0.2, -0.15) is 0 Å². The number of carbonyl (C=O) groups is 2. The summed E-state index contributed by atoms with van der Waals surface area (Å²) in [5.74, 6) is -1.58. The number of nitrogens with one attached hydrogen (secondary N) is 1. The lowest BCUT2D eigenvalue weighted by molar-refractivity contribution is -0.143. The van der Waals surface area contributed by atoms with Crippen molar-refractivity contribution in [1.82, 2.24) is 5.32 Å². The number of hydrogen-bond donors (Lipinski definition) is 2. The summed E-state index contributed by atoms with van der Waals surface area (Å²) in [6.45, 7) is 5.31. The second-order valence-corrected chi connectivity index (χ2v) is 5.18. The maximum absolute atomic E-state index is 12.1. The molecule has 1 aromatic carbocycles. The predicted molar refractivity (Wildman–Crippen MR) is 88.9 cm³/mol. The second-order valence-electron chi connectivity index (χ2n) is 5.18. The van der Waals surface area contributed by atoms with Crippen LogP contribution in [0.1, 0.15) is 26.3 Å². The summed E-state index contributed by atoms with van der Waals surface area (Å²) in [5, 5.41) is 12.1. The molecule has 0 radical (unpaired) electrons. The molecule has 1 aromatic rings. The molecule has 0 bridgehead atoms. The van der Waals surface area contributed by atoms with E-state index in [0.29, 0.717) is 0 Å². The van der Waals surface area contributed by atoms with Gasteiger partial charge in [0, 0.05) is 5.92 Å². The zero-order valence-corrected chi connectivity index (χ0v) is 13.7. The monoisotopic (exact) mass is 317 g/mol. The van der Waals surface area contributed by atoms with Gasteiger partial charge >= 0.3 is 12.1 Å². The van der Waals surface area contributed by atoms with Gasteiger partial charge in [0.05, 0.1) is 0 Å². The number of aliphatic carboxylic acids is 1. The number of ether oxygens (including phenoxy) is 1. The quantitative estimate of drug-likeness (QED) is 0.754. The molecular formula is C18H23NO4. The lowest BCUT2D eigenvalue weighted by Gasteiger charge is -2.31. The molecule has 0 aliphatic rings. The Hall–Kier alpha value is -2.56. The molecule has 2 atom stereocenters. The first-order chi connectivity index (χ1) is 11.0. The minimum absolute atomic E-state index is 0.0796. The molecule has 1 rings (SSSR count). The minimum Gasteiger partial charge on any atom is -0.479 e. The Bertz CT molecular complexity index is 580. The molecule has 23 heavy (non-hydrogen) atoms. The van der Waals surface area contributed by atoms with Crippen LogP contribution in [0.5, 0.6) is 0 Å². The van der Waals surface area contributed by atoms with Crippen LogP contribution < -0.4 is 5.32 Å². The van der Waals surface area contributed by atoms with Crippen LogP contribution in [-0.4, -0.2) is 22.7 Å². The highest BCUT2D eigenvalue weighted by Gasteiger charge is 2.42. The van der Waals surface area contributed by atoms with E-state index in [1.807, 2.05) is 30.3 Å². The Morgan fingerprint density at radius 3 is 2.43 bits per heavy atom. The Kier molecular flexibility index (Phi) is 7.06. The molecule has 0 aromatic heterocycles. The lowest BCUT2D eigenvalue weighted by atomic mass is 9.84. The molecule has 0 heterocycles. The van der Waals surface area contributed by atoms with Gasteiger partial charge in [-0.15, -0.1) is 0 Å². The van der Waals surface area contributed by atoms with Gasteiger partial charge in [0.1, 0.15) is 6.61 Å². The molecule has 0 unspecified atom stereocenters. The van der Waals surface area contributed by atoms with Gasteiger partial charge in [0.15, 0.2) is 5.54 Å². The van der Waals surface area contributed by atoms with E-state index < -0.39 is 23.5 Å². The summed E-state index contributed by atoms with van der Waals surface area (Å²) < 4.78 is 5.14. The normalized spacial score (nSPS) is 15.3. The number of hydrogen-bond acceptors (Lipinski definition) is 3. The summed E-state index contributed by atoms with van der Waals surface area (Å²) in [7, 11) is 0. The summed E-state index contributed by atoms with van der Waals surface area (Å²) in [6.07, 6.45) is 5.77. The second kappa shape index (κ2) is 8.78. The van der Waals surface area contributed by atoms with Crippen LogP contribution >= 0.6 is 0 Å². The number of carboxylic acids is 1. The Balaban J connectivity index is 2.87. The molecular weight excluding hydrogens is 294 g/mol. The Morgan fingerprint density at radius 2 is 1.91 bits per heavy atom. The third-order valence-electron chi connectivity index (χ3n) is 3.50. The van der Waals surface area contributed by atoms with Crippen LogP contribution in [0.25, 0.3) is 0 Å². The van der Waals surface area contributed by atoms with Crippen molar-refractivity contribution in [3.05, 3.63) is 60.2 Å². The van der Waals surface area contributed by atoms with E-state index in [1.54, 1.807) is 39.0 Å². The van der Waals surface area contributed by atoms with E-state index in [-0.39, 0.29) is 6.61 Å². The number of rotatable bonds is 7. The summed E-state index contributed by atoms with van der Waals surface area (Å²) in [4.78, 5) is 23.8. The third-order valence-corrected chi connectivity index (χ3v) is 3.50. The van der Waals surface area contributed by atoms with Crippen LogP contribution in [0.2, 0.25) is 0 Å². The summed E-state index contributed by atoms with van der Waals surface area (Å²) in [5.41, 5.74) is -0.717. The topological polar surface area (TPSA) is 75.6 Å². The van der Waals surface area contributed by atoms with Gasteiger partial charge in [0.25, 0.3) is 0 Å². The number of alkyl carbamates (subject to hydrolysis) is 1. The first-order valence-electron chi connectivity index (χ1n) is 7.45. The molecule has 0 saturated heterocycles. The van der Waals surface area contributed by atoms with E-state index in [9.17, 15) is 14.7 Å². The molecule has 5 heteroatoms. The number of carbonyl (C=O) groups excluding carboxylic acids is 1. The van der Waals surface area contributed by atoms with Crippen molar-refractivity contribution in [2.24, 2.45) is 5.92 Å². The molecule has 0 spiro atoms. The maximum atomic E-state index is 12.1. The minimum atomic E-state index is -1.55. The molecule has 1 amide bonds. The van der Waals surface area contributed by atoms with Gasteiger partial charge in [0.2, 0.25) is 0 Å². The van der Waals surface area contributed by atoms with E-state index in [4.69, 9.17) is 4.74 Å². The average Bonchev–Trinajstić information content (AvgIpc) is 2.53. The van der Waals surface area contributed by atoms with Gasteiger partial charge in [-0.05, 0) is 19.4 Å². The van der Waals surface area contributed by atoms with Crippen molar-refractivity contribution in [1.29, 1.82) is 0 Å². The largest absolute Gasteiger partial charge is 0.479 e. The van der Waals surface area contributed by atoms with Crippen molar-refractivity contribution in [2.75, 3.05) is 0 Å². The number of amides is 1. The van der Waals surface area contributed by atoms with E-state index in [0.717, 1.165) is 5.56 Å². The molecule has 0 aliphatic heterocycles. The molecule has 0 fully saturated rings. The standard InChI is InChI=1S/C18H23NO4/c1-4-9-14(3)18(12-5-2,16(20)21)19-17(22)23-13-15-10-7-6-8-11-15/h4-12,14H,13H2,1-3H3,(H,19,22)(H,20,21)/b9-4+,12-5+/t14-,18+/m1/s1. The van der Waals surface area contributed by atoms with Gasteiger partial charge < -0.3 is 15.2 Å². The van der Waals surface area contributed by atoms with Crippen molar-refractivity contribution in [2.45, 2.75) is 32.9 Å². The fraction of sp³-hybridized carbons (Fsp3) is 0.333. The first kappa shape index (κ1) is 18.5. The Labute approximate surface area is 136 Å². The van der Waals surface area contributed by atoms with Crippen molar-refractivity contribution in [3.63, 3.8) is 0 Å². The lowest BCUT2D eigenvalue weighted by Crippen LogP contribution is -2.57. The highest BCUT2D eigenvalue weighted by atomic mass is 16.5. The fourth-order valence-corrected chi connectivity index (χ4v) is 2.26. The fourth-order valence-electron chi connectivity index (χ4n) is 2.26. The third kappa shape index (κ3) is 4.98. The maximum Gasteiger partial charge on any atom is 0.408 e. The number of allylic oxidation sites excluding steroid dienone is 2. The first-order valence-corrected chi connectivity index (χ1v) is 7.45. The molecule has 5 nitrogen and oxygen atoms in total. The summed E-state index contributed by atoms with van der Waals surface area (Å²) in [6, 6.07) is 9.19. The highest BCUT2D eigenvalue weighted by molar-refractivity contribution is 5.87. The van der Waals surface area contributed by atoms with Crippen molar-refractivity contribution < 1.29 is 19.4 Å². The smallest absolute Gasteiger partial charge is 0.408 e. The highest BCUT2D eigenvalue weighted by Crippen LogP contribution is 2.22. The van der Waals surface area contributed by atoms with Gasteiger partial charge in [-0.25, -0.2) is 9.59 Å². The van der Waals surface area contributed by atoms with Crippen molar-refractivity contribution >= 4 is 12.1 Å². The predicted octanol–water partition coefficient (Wildman–Crippen LogP) is 3.52. The Morgan fingerprint density at radius 1 is 1.26 bits per heavy atom. The average molecular weight is 317 g/mol. The zero-order valence-electron chi connectivity index (χ0n) is 13.7. The van der Waals surface area contributed by atoms with Crippen molar-refractivity contribution in [3.8, 4) is 0 Å². The number of carboxylic acid groups (broad SMARTS) is 1. The molecule has 0 aliphatic carbocycles. The summed E-state index contributed by atoms with van der Waals surface area (Å²) >= 11 is 0. The van der Waals surface area contributed by atoms with Gasteiger partial charge in [-0.3, -0.25) is 0 Å². The van der Waals surface area contributed by atoms with Crippen LogP contribution in [-0.2, 0) is 16.1 Å². The van der Waals surface area contributed by atoms with E-state index >= 15 is 0 Å². The van der Waals surface area contributed by atoms with Crippen LogP contribution in [0.4, 0.5) is 4.79 Å². The molecule has 124 valence electrons. The zero-order chi connectivity index (χ0) is 17.3. The number of benzene rings is 1. The van der Waals surface area contributed by atoms with E-state index in [2.05, 4.69) is 5.32 Å². The van der Waals surface area contributed by atoms with Crippen LogP contribution in [0.15, 0.2) is 54.6 Å². The van der Waals surface area contributed by atoms with E-state index in [1.165, 1.54) is 6.08 Å². The molecule has 0 saturated carbocycles. The van der Waals surface area contributed by atoms with Gasteiger partial charge in [-0.1, -0.05) is 61.6 Å². The van der Waals surface area contributed by atoms with Crippen LogP contribution in [0, 0.1) is 5.92 Å². The SMILES string of the molecule is C/C=C/[C@@H](C)[C@](/C=C/C)(NC(=O)OCc1ccccc1)C(=O)O. The van der Waals surface area contributed by atoms with Crippen LogP contribution in [0.3, 0.4) is 0 Å². The molecule has 2 N–H and O–H groups in total.